The maximum absolute atomic E-state index is 6.61. The molecular weight excluding hydrogens is 296 g/mol. The summed E-state index contributed by atoms with van der Waals surface area (Å²) in [6, 6.07) is 0.556. The van der Waals surface area contributed by atoms with Gasteiger partial charge in [0.15, 0.2) is 0 Å². The topological polar surface area (TPSA) is 34.0 Å². The van der Waals surface area contributed by atoms with Gasteiger partial charge in [0.2, 0.25) is 0 Å². The lowest BCUT2D eigenvalue weighted by Gasteiger charge is -2.32. The molecule has 0 bridgehead atoms. The summed E-state index contributed by atoms with van der Waals surface area (Å²) >= 11 is 6.61. The van der Waals surface area contributed by atoms with Crippen LogP contribution in [0.1, 0.15) is 51.6 Å². The van der Waals surface area contributed by atoms with Crippen LogP contribution in [0.15, 0.2) is 6.20 Å². The third-order valence-electron chi connectivity index (χ3n) is 4.45. The summed E-state index contributed by atoms with van der Waals surface area (Å²) < 4.78 is 1.85. The summed E-state index contributed by atoms with van der Waals surface area (Å²) in [5.74, 6) is 0.883. The minimum Gasteiger partial charge on any atom is -0.355 e. The maximum Gasteiger partial charge on any atom is 0.149 e. The predicted octanol–water partition coefficient (Wildman–Crippen LogP) is 4.73. The van der Waals surface area contributed by atoms with Crippen LogP contribution in [0.3, 0.4) is 0 Å². The molecule has 0 spiro atoms. The van der Waals surface area contributed by atoms with Crippen molar-refractivity contribution in [2.24, 2.45) is 7.05 Å². The average molecular weight is 323 g/mol. The van der Waals surface area contributed by atoms with Gasteiger partial charge in [0.1, 0.15) is 10.8 Å². The average Bonchev–Trinajstić information content (AvgIpc) is 2.85. The third-order valence-corrected chi connectivity index (χ3v) is 4.79. The molecule has 3 rings (SSSR count). The number of aryl methyl sites for hydroxylation is 2. The van der Waals surface area contributed by atoms with Gasteiger partial charge in [-0.3, -0.25) is 4.68 Å². The van der Waals surface area contributed by atoms with Crippen LogP contribution in [-0.4, -0.2) is 27.9 Å². The summed E-state index contributed by atoms with van der Waals surface area (Å²) in [4.78, 5) is 6.85. The first-order chi connectivity index (χ1) is 10.6. The molecule has 0 atom stereocenters. The Morgan fingerprint density at radius 2 is 1.86 bits per heavy atom. The van der Waals surface area contributed by atoms with Crippen LogP contribution in [0.5, 0.6) is 0 Å². The van der Waals surface area contributed by atoms with E-state index in [9.17, 15) is 0 Å². The highest BCUT2D eigenvalue weighted by Crippen LogP contribution is 2.34. The van der Waals surface area contributed by atoms with Crippen LogP contribution in [0.25, 0.3) is 10.9 Å². The Morgan fingerprint density at radius 3 is 2.50 bits per heavy atom. The lowest BCUT2D eigenvalue weighted by atomic mass is 9.94. The molecule has 1 aliphatic rings. The zero-order valence-electron chi connectivity index (χ0n) is 14.4. The second-order valence-corrected chi connectivity index (χ2v) is 6.15. The molecule has 2 aromatic rings. The summed E-state index contributed by atoms with van der Waals surface area (Å²) in [7, 11) is 4.05. The highest BCUT2D eigenvalue weighted by Gasteiger charge is 2.23. The largest absolute Gasteiger partial charge is 0.355 e. The fourth-order valence-electron chi connectivity index (χ4n) is 3.26. The first-order valence-electron chi connectivity index (χ1n) is 8.30. The molecule has 0 aliphatic heterocycles. The molecule has 0 amide bonds. The van der Waals surface area contributed by atoms with E-state index in [-0.39, 0.29) is 0 Å². The van der Waals surface area contributed by atoms with E-state index >= 15 is 0 Å². The van der Waals surface area contributed by atoms with E-state index in [2.05, 4.69) is 22.0 Å². The van der Waals surface area contributed by atoms with Crippen molar-refractivity contribution < 1.29 is 0 Å². The van der Waals surface area contributed by atoms with Gasteiger partial charge in [0.05, 0.1) is 11.2 Å². The molecule has 0 N–H and O–H groups in total. The molecule has 0 saturated heterocycles. The first kappa shape index (κ1) is 17.1. The molecule has 1 fully saturated rings. The van der Waals surface area contributed by atoms with E-state index in [1.807, 2.05) is 38.7 Å². The van der Waals surface area contributed by atoms with E-state index in [0.717, 1.165) is 27.4 Å². The van der Waals surface area contributed by atoms with Gasteiger partial charge in [-0.1, -0.05) is 44.7 Å². The minimum absolute atomic E-state index is 0.556. The smallest absolute Gasteiger partial charge is 0.149 e. The number of rotatable bonds is 2. The fraction of sp³-hybridized carbons (Fsp3) is 0.647. The molecule has 0 radical (unpaired) electrons. The lowest BCUT2D eigenvalue weighted by molar-refractivity contribution is 0.426. The minimum atomic E-state index is 0.556. The first-order valence-corrected chi connectivity index (χ1v) is 8.68. The van der Waals surface area contributed by atoms with E-state index < -0.39 is 0 Å². The normalized spacial score (nSPS) is 15.5. The SMILES string of the molecule is CC.Cc1nn(C)c2c(Cl)c(N(C)C3CCCCC3)ncc12. The summed E-state index contributed by atoms with van der Waals surface area (Å²) in [6.45, 7) is 5.99. The third kappa shape index (κ3) is 3.07. The maximum atomic E-state index is 6.61. The second-order valence-electron chi connectivity index (χ2n) is 5.77. The molecule has 1 saturated carbocycles. The van der Waals surface area contributed by atoms with Crippen LogP contribution in [-0.2, 0) is 7.05 Å². The van der Waals surface area contributed by atoms with Gasteiger partial charge in [0.25, 0.3) is 0 Å². The van der Waals surface area contributed by atoms with Gasteiger partial charge in [-0.2, -0.15) is 5.10 Å². The molecular formula is C17H27ClN4. The van der Waals surface area contributed by atoms with Gasteiger partial charge in [0, 0.05) is 31.7 Å². The van der Waals surface area contributed by atoms with Gasteiger partial charge in [-0.25, -0.2) is 4.98 Å². The predicted molar refractivity (Wildman–Crippen MR) is 94.9 cm³/mol. The Bertz CT molecular complexity index is 629. The van der Waals surface area contributed by atoms with Crippen molar-refractivity contribution in [3.63, 3.8) is 0 Å². The number of fused-ring (bicyclic) bond motifs is 1. The Kier molecular flexibility index (Phi) is 5.68. The molecule has 0 unspecified atom stereocenters. The van der Waals surface area contributed by atoms with Crippen molar-refractivity contribution in [1.82, 2.24) is 14.8 Å². The van der Waals surface area contributed by atoms with Crippen molar-refractivity contribution in [3.8, 4) is 0 Å². The van der Waals surface area contributed by atoms with E-state index in [1.54, 1.807) is 0 Å². The van der Waals surface area contributed by atoms with Crippen molar-refractivity contribution in [2.45, 2.75) is 58.9 Å². The zero-order valence-corrected chi connectivity index (χ0v) is 15.1. The van der Waals surface area contributed by atoms with Gasteiger partial charge in [-0.15, -0.1) is 0 Å². The second kappa shape index (κ2) is 7.32. The molecule has 122 valence electrons. The van der Waals surface area contributed by atoms with Crippen LogP contribution in [0.4, 0.5) is 5.82 Å². The summed E-state index contributed by atoms with van der Waals surface area (Å²) in [6.07, 6.45) is 8.33. The number of pyridine rings is 1. The molecule has 1 aliphatic carbocycles. The summed E-state index contributed by atoms with van der Waals surface area (Å²) in [5.41, 5.74) is 1.96. The fourth-order valence-corrected chi connectivity index (χ4v) is 3.67. The van der Waals surface area contributed by atoms with Crippen molar-refractivity contribution >= 4 is 28.3 Å². The molecule has 4 nitrogen and oxygen atoms in total. The lowest BCUT2D eigenvalue weighted by Crippen LogP contribution is -2.34. The van der Waals surface area contributed by atoms with E-state index in [1.165, 1.54) is 32.1 Å². The zero-order chi connectivity index (χ0) is 16.3. The Labute approximate surface area is 138 Å². The Hall–Kier alpha value is -1.29. The van der Waals surface area contributed by atoms with Crippen LogP contribution in [0, 0.1) is 6.92 Å². The quantitative estimate of drug-likeness (QED) is 0.801. The van der Waals surface area contributed by atoms with Gasteiger partial charge < -0.3 is 4.90 Å². The summed E-state index contributed by atoms with van der Waals surface area (Å²) in [5, 5.41) is 6.20. The van der Waals surface area contributed by atoms with Crippen molar-refractivity contribution in [1.29, 1.82) is 0 Å². The highest BCUT2D eigenvalue weighted by molar-refractivity contribution is 6.37. The van der Waals surface area contributed by atoms with Crippen molar-refractivity contribution in [2.75, 3.05) is 11.9 Å². The Morgan fingerprint density at radius 1 is 1.23 bits per heavy atom. The molecule has 2 aromatic heterocycles. The Balaban J connectivity index is 0.000000847. The van der Waals surface area contributed by atoms with Crippen LogP contribution in [0.2, 0.25) is 5.02 Å². The van der Waals surface area contributed by atoms with Crippen LogP contribution < -0.4 is 4.90 Å². The molecule has 5 heteroatoms. The van der Waals surface area contributed by atoms with Gasteiger partial charge >= 0.3 is 0 Å². The van der Waals surface area contributed by atoms with Crippen LogP contribution >= 0.6 is 11.6 Å². The standard InChI is InChI=1S/C15H21ClN4.C2H6/c1-10-12-9-17-15(13(16)14(12)20(3)18-10)19(2)11-7-5-4-6-8-11;1-2/h9,11H,4-8H2,1-3H3;1-2H3. The number of hydrogen-bond donors (Lipinski definition) is 0. The van der Waals surface area contributed by atoms with E-state index in [0.29, 0.717) is 6.04 Å². The number of anilines is 1. The van der Waals surface area contributed by atoms with Crippen molar-refractivity contribution in [3.05, 3.63) is 16.9 Å². The number of hydrogen-bond acceptors (Lipinski definition) is 3. The number of nitrogens with zero attached hydrogens (tertiary/aromatic N) is 4. The van der Waals surface area contributed by atoms with Gasteiger partial charge in [-0.05, 0) is 19.8 Å². The molecule has 22 heavy (non-hydrogen) atoms. The highest BCUT2D eigenvalue weighted by atomic mass is 35.5. The molecule has 2 heterocycles. The van der Waals surface area contributed by atoms with E-state index in [4.69, 9.17) is 11.6 Å². The monoisotopic (exact) mass is 322 g/mol. The number of halogens is 1. The molecule has 0 aromatic carbocycles. The number of aromatic nitrogens is 3.